The average Bonchev–Trinajstić information content (AvgIpc) is 2.66. The first-order valence-electron chi connectivity index (χ1n) is 9.20. The van der Waals surface area contributed by atoms with E-state index in [0.29, 0.717) is 16.8 Å². The normalized spacial score (nSPS) is 13.0. The van der Waals surface area contributed by atoms with Crippen molar-refractivity contribution in [2.75, 3.05) is 10.8 Å². The van der Waals surface area contributed by atoms with Crippen molar-refractivity contribution in [1.29, 1.82) is 0 Å². The number of benzene rings is 2. The Labute approximate surface area is 178 Å². The zero-order chi connectivity index (χ0) is 22.5. The van der Waals surface area contributed by atoms with Crippen molar-refractivity contribution in [3.63, 3.8) is 0 Å². The van der Waals surface area contributed by atoms with Gasteiger partial charge in [-0.2, -0.15) is 13.2 Å². The molecule has 2 rings (SSSR count). The van der Waals surface area contributed by atoms with Crippen molar-refractivity contribution in [2.45, 2.75) is 43.8 Å². The van der Waals surface area contributed by atoms with Gasteiger partial charge in [0.2, 0.25) is 5.91 Å². The van der Waals surface area contributed by atoms with E-state index in [9.17, 15) is 26.4 Å². The quantitative estimate of drug-likeness (QED) is 0.609. The maximum absolute atomic E-state index is 13.2. The van der Waals surface area contributed by atoms with E-state index < -0.39 is 39.9 Å². The topological polar surface area (TPSA) is 66.5 Å². The number of sulfonamides is 1. The van der Waals surface area contributed by atoms with Gasteiger partial charge in [0.05, 0.1) is 21.2 Å². The third kappa shape index (κ3) is 5.89. The molecule has 0 aliphatic heterocycles. The fourth-order valence-corrected chi connectivity index (χ4v) is 4.58. The van der Waals surface area contributed by atoms with Crippen molar-refractivity contribution >= 4 is 33.2 Å². The van der Waals surface area contributed by atoms with Gasteiger partial charge in [-0.15, -0.1) is 0 Å². The van der Waals surface area contributed by atoms with Gasteiger partial charge in [0.1, 0.15) is 6.54 Å². The molecule has 0 aliphatic rings. The van der Waals surface area contributed by atoms with E-state index >= 15 is 0 Å². The van der Waals surface area contributed by atoms with Crippen LogP contribution in [0.3, 0.4) is 0 Å². The lowest BCUT2D eigenvalue weighted by Crippen LogP contribution is -2.43. The Bertz CT molecular complexity index is 983. The summed E-state index contributed by atoms with van der Waals surface area (Å²) in [6, 6.07) is 9.26. The van der Waals surface area contributed by atoms with Crippen LogP contribution in [0.5, 0.6) is 0 Å². The summed E-state index contributed by atoms with van der Waals surface area (Å²) in [5, 5.41) is 2.43. The molecule has 0 unspecified atom stereocenters. The summed E-state index contributed by atoms with van der Waals surface area (Å²) >= 11 is 6.07. The summed E-state index contributed by atoms with van der Waals surface area (Å²) < 4.78 is 66.6. The Balaban J connectivity index is 2.54. The van der Waals surface area contributed by atoms with E-state index in [1.807, 2.05) is 6.92 Å². The third-order valence-corrected chi connectivity index (χ3v) is 6.38. The molecule has 10 heteroatoms. The molecule has 0 aliphatic carbocycles. The number of nitrogens with zero attached hydrogens (tertiary/aromatic N) is 1. The maximum Gasteiger partial charge on any atom is 0.416 e. The largest absolute Gasteiger partial charge is 0.416 e. The summed E-state index contributed by atoms with van der Waals surface area (Å²) in [6.07, 6.45) is -3.24. The first-order valence-corrected chi connectivity index (χ1v) is 11.0. The number of carbonyl (C=O) groups excluding carboxylic acids is 1. The SMILES string of the molecule is CCC[C@@H](C)NC(=O)CN(c1cc(C(F)(F)F)ccc1Cl)S(=O)(=O)c1ccccc1. The van der Waals surface area contributed by atoms with Gasteiger partial charge in [0.15, 0.2) is 0 Å². The van der Waals surface area contributed by atoms with Crippen LogP contribution in [0.15, 0.2) is 53.4 Å². The molecule has 0 fully saturated rings. The summed E-state index contributed by atoms with van der Waals surface area (Å²) in [6.45, 7) is 2.97. The molecule has 0 radical (unpaired) electrons. The highest BCUT2D eigenvalue weighted by Crippen LogP contribution is 2.37. The van der Waals surface area contributed by atoms with Gasteiger partial charge in [0.25, 0.3) is 10.0 Å². The van der Waals surface area contributed by atoms with Crippen LogP contribution in [0.4, 0.5) is 18.9 Å². The molecule has 1 amide bonds. The predicted octanol–water partition coefficient (Wildman–Crippen LogP) is 4.86. The van der Waals surface area contributed by atoms with Gasteiger partial charge in [-0.3, -0.25) is 9.10 Å². The van der Waals surface area contributed by atoms with Crippen LogP contribution in [-0.4, -0.2) is 26.9 Å². The second-order valence-corrected chi connectivity index (χ2v) is 9.02. The summed E-state index contributed by atoms with van der Waals surface area (Å²) in [5.41, 5.74) is -1.50. The molecule has 1 N–H and O–H groups in total. The lowest BCUT2D eigenvalue weighted by Gasteiger charge is -2.26. The fraction of sp³-hybridized carbons (Fsp3) is 0.350. The van der Waals surface area contributed by atoms with Crippen molar-refractivity contribution in [1.82, 2.24) is 5.32 Å². The van der Waals surface area contributed by atoms with Crippen molar-refractivity contribution in [2.24, 2.45) is 0 Å². The number of alkyl halides is 3. The highest BCUT2D eigenvalue weighted by Gasteiger charge is 2.34. The second-order valence-electron chi connectivity index (χ2n) is 6.75. The summed E-state index contributed by atoms with van der Waals surface area (Å²) in [5.74, 6) is -0.649. The van der Waals surface area contributed by atoms with E-state index in [2.05, 4.69) is 5.32 Å². The van der Waals surface area contributed by atoms with Crippen LogP contribution in [0, 0.1) is 0 Å². The molecule has 1 atom stereocenters. The van der Waals surface area contributed by atoms with Crippen molar-refractivity contribution < 1.29 is 26.4 Å². The number of carbonyl (C=O) groups is 1. The van der Waals surface area contributed by atoms with E-state index in [4.69, 9.17) is 11.6 Å². The van der Waals surface area contributed by atoms with Gasteiger partial charge >= 0.3 is 6.18 Å². The Morgan fingerprint density at radius 3 is 2.37 bits per heavy atom. The number of halogens is 4. The second kappa shape index (κ2) is 9.70. The molecule has 2 aromatic rings. The Morgan fingerprint density at radius 1 is 1.17 bits per heavy atom. The van der Waals surface area contributed by atoms with E-state index in [1.165, 1.54) is 24.3 Å². The molecule has 2 aromatic carbocycles. The number of rotatable bonds is 8. The number of anilines is 1. The lowest BCUT2D eigenvalue weighted by molar-refractivity contribution is -0.137. The van der Waals surface area contributed by atoms with Gasteiger partial charge in [-0.25, -0.2) is 8.42 Å². The van der Waals surface area contributed by atoms with Gasteiger partial charge in [-0.1, -0.05) is 43.1 Å². The van der Waals surface area contributed by atoms with Crippen LogP contribution in [0.2, 0.25) is 5.02 Å². The third-order valence-electron chi connectivity index (χ3n) is 4.29. The number of amides is 1. The monoisotopic (exact) mass is 462 g/mol. The first-order chi connectivity index (χ1) is 14.0. The van der Waals surface area contributed by atoms with E-state index in [1.54, 1.807) is 13.0 Å². The standard InChI is InChI=1S/C20H22ClF3N2O3S/c1-3-7-14(2)25-19(27)13-26(30(28,29)16-8-5-4-6-9-16)18-12-15(20(22,23)24)10-11-17(18)21/h4-6,8-12,14H,3,7,13H2,1-2H3,(H,25,27)/t14-/m1/s1. The smallest absolute Gasteiger partial charge is 0.352 e. The average molecular weight is 463 g/mol. The van der Waals surface area contributed by atoms with Gasteiger partial charge in [0, 0.05) is 6.04 Å². The Kier molecular flexibility index (Phi) is 7.76. The zero-order valence-corrected chi connectivity index (χ0v) is 18.0. The Morgan fingerprint density at radius 2 is 1.80 bits per heavy atom. The number of hydrogen-bond donors (Lipinski definition) is 1. The lowest BCUT2D eigenvalue weighted by atomic mass is 10.2. The highest BCUT2D eigenvalue weighted by atomic mass is 35.5. The Hall–Kier alpha value is -2.26. The molecule has 164 valence electrons. The van der Waals surface area contributed by atoms with Crippen molar-refractivity contribution in [3.05, 3.63) is 59.1 Å². The van der Waals surface area contributed by atoms with E-state index in [-0.39, 0.29) is 16.0 Å². The molecule has 0 aromatic heterocycles. The van der Waals surface area contributed by atoms with Gasteiger partial charge in [-0.05, 0) is 43.7 Å². The van der Waals surface area contributed by atoms with Crippen LogP contribution in [0.25, 0.3) is 0 Å². The fourth-order valence-electron chi connectivity index (χ4n) is 2.86. The molecule has 5 nitrogen and oxygen atoms in total. The molecule has 0 saturated carbocycles. The minimum absolute atomic E-state index is 0.173. The first kappa shape index (κ1) is 24.0. The zero-order valence-electron chi connectivity index (χ0n) is 16.4. The number of nitrogens with one attached hydrogen (secondary N) is 1. The number of hydrogen-bond acceptors (Lipinski definition) is 3. The maximum atomic E-state index is 13.2. The minimum Gasteiger partial charge on any atom is -0.352 e. The minimum atomic E-state index is -4.71. The molecule has 0 heterocycles. The van der Waals surface area contributed by atoms with E-state index in [0.717, 1.165) is 18.6 Å². The van der Waals surface area contributed by atoms with Gasteiger partial charge < -0.3 is 5.32 Å². The van der Waals surface area contributed by atoms with Crippen molar-refractivity contribution in [3.8, 4) is 0 Å². The molecule has 0 spiro atoms. The summed E-state index contributed by atoms with van der Waals surface area (Å²) in [7, 11) is -4.36. The predicted molar refractivity (Wildman–Crippen MR) is 110 cm³/mol. The molecular weight excluding hydrogens is 441 g/mol. The van der Waals surface area contributed by atoms with Crippen LogP contribution < -0.4 is 9.62 Å². The molecule has 0 bridgehead atoms. The summed E-state index contributed by atoms with van der Waals surface area (Å²) in [4.78, 5) is 12.3. The molecule has 0 saturated heterocycles. The van der Waals surface area contributed by atoms with Crippen LogP contribution in [-0.2, 0) is 21.0 Å². The molecule has 30 heavy (non-hydrogen) atoms. The van der Waals surface area contributed by atoms with Crippen LogP contribution >= 0.6 is 11.6 Å². The van der Waals surface area contributed by atoms with Crippen LogP contribution in [0.1, 0.15) is 32.3 Å². The molecular formula is C20H22ClF3N2O3S. The highest BCUT2D eigenvalue weighted by molar-refractivity contribution is 7.92.